The van der Waals surface area contributed by atoms with Gasteiger partial charge in [0.2, 0.25) is 0 Å². The van der Waals surface area contributed by atoms with Gasteiger partial charge in [-0.25, -0.2) is 0 Å². The highest BCUT2D eigenvalue weighted by Gasteiger charge is 2.13. The topological polar surface area (TPSA) is 89.8 Å². The fraction of sp³-hybridized carbons (Fsp3) is 0. The quantitative estimate of drug-likeness (QED) is 0.781. The normalized spacial score (nSPS) is 9.91. The van der Waals surface area contributed by atoms with Crippen molar-refractivity contribution in [2.75, 3.05) is 5.32 Å². The first-order valence-electron chi connectivity index (χ1n) is 6.45. The van der Waals surface area contributed by atoms with E-state index in [4.69, 9.17) is 14.9 Å². The molecule has 0 fully saturated rings. The minimum absolute atomic E-state index is 0.162. The van der Waals surface area contributed by atoms with Crippen molar-refractivity contribution >= 4 is 22.6 Å². The van der Waals surface area contributed by atoms with E-state index in [-0.39, 0.29) is 11.7 Å². The molecule has 0 aliphatic carbocycles. The maximum absolute atomic E-state index is 12.2. The SMILES string of the molecule is N#Cc1ccc(NC(=O)c2cc3cc(C#N)ccc3o2)cc1. The molecule has 3 aromatic rings. The molecule has 0 spiro atoms. The number of carbonyl (C=O) groups is 1. The van der Waals surface area contributed by atoms with E-state index in [1.165, 1.54) is 0 Å². The van der Waals surface area contributed by atoms with Crippen LogP contribution in [-0.2, 0) is 0 Å². The van der Waals surface area contributed by atoms with Crippen molar-refractivity contribution in [1.82, 2.24) is 0 Å². The summed E-state index contributed by atoms with van der Waals surface area (Å²) < 4.78 is 5.47. The number of carbonyl (C=O) groups excluding carboxylic acids is 1. The van der Waals surface area contributed by atoms with Gasteiger partial charge in [0, 0.05) is 11.1 Å². The second-order valence-corrected chi connectivity index (χ2v) is 4.62. The molecule has 3 rings (SSSR count). The first-order chi connectivity index (χ1) is 10.7. The van der Waals surface area contributed by atoms with Crippen LogP contribution in [-0.4, -0.2) is 5.91 Å². The Morgan fingerprint density at radius 1 is 0.955 bits per heavy atom. The average molecular weight is 287 g/mol. The molecule has 1 heterocycles. The first-order valence-corrected chi connectivity index (χ1v) is 6.45. The van der Waals surface area contributed by atoms with E-state index in [1.54, 1.807) is 48.5 Å². The molecule has 0 saturated heterocycles. The fourth-order valence-electron chi connectivity index (χ4n) is 2.05. The van der Waals surface area contributed by atoms with Gasteiger partial charge in [0.25, 0.3) is 5.91 Å². The third kappa shape index (κ3) is 2.52. The minimum atomic E-state index is -0.389. The molecule has 5 heteroatoms. The van der Waals surface area contributed by atoms with Crippen molar-refractivity contribution in [3.8, 4) is 12.1 Å². The van der Waals surface area contributed by atoms with E-state index >= 15 is 0 Å². The van der Waals surface area contributed by atoms with Gasteiger partial charge in [-0.1, -0.05) is 0 Å². The number of benzene rings is 2. The summed E-state index contributed by atoms with van der Waals surface area (Å²) in [5, 5.41) is 21.0. The average Bonchev–Trinajstić information content (AvgIpc) is 2.98. The van der Waals surface area contributed by atoms with Gasteiger partial charge in [-0.15, -0.1) is 0 Å². The number of amides is 1. The van der Waals surface area contributed by atoms with Crippen molar-refractivity contribution in [3.63, 3.8) is 0 Å². The highest BCUT2D eigenvalue weighted by Crippen LogP contribution is 2.21. The standard InChI is InChI=1S/C17H9N3O2/c18-9-11-1-4-14(5-2-11)20-17(21)16-8-13-7-12(10-19)3-6-15(13)22-16/h1-8H,(H,20,21). The molecule has 104 valence electrons. The molecule has 0 saturated carbocycles. The highest BCUT2D eigenvalue weighted by atomic mass is 16.3. The number of anilines is 1. The number of fused-ring (bicyclic) bond motifs is 1. The Hall–Kier alpha value is -3.57. The van der Waals surface area contributed by atoms with E-state index in [9.17, 15) is 4.79 Å². The molecule has 0 aliphatic rings. The summed E-state index contributed by atoms with van der Waals surface area (Å²) in [6.07, 6.45) is 0. The Labute approximate surface area is 126 Å². The van der Waals surface area contributed by atoms with Crippen LogP contribution in [0, 0.1) is 22.7 Å². The lowest BCUT2D eigenvalue weighted by Crippen LogP contribution is -2.10. The van der Waals surface area contributed by atoms with Gasteiger partial charge in [0.1, 0.15) is 5.58 Å². The molecule has 5 nitrogen and oxygen atoms in total. The van der Waals surface area contributed by atoms with Gasteiger partial charge in [-0.3, -0.25) is 4.79 Å². The fourth-order valence-corrected chi connectivity index (χ4v) is 2.05. The predicted molar refractivity (Wildman–Crippen MR) is 80.0 cm³/mol. The maximum atomic E-state index is 12.2. The number of nitriles is 2. The summed E-state index contributed by atoms with van der Waals surface area (Å²) in [5.74, 6) is -0.228. The van der Waals surface area contributed by atoms with Gasteiger partial charge < -0.3 is 9.73 Å². The van der Waals surface area contributed by atoms with Crippen molar-refractivity contribution in [1.29, 1.82) is 10.5 Å². The van der Waals surface area contributed by atoms with Crippen LogP contribution in [0.4, 0.5) is 5.69 Å². The smallest absolute Gasteiger partial charge is 0.291 e. The number of rotatable bonds is 2. The van der Waals surface area contributed by atoms with Crippen LogP contribution < -0.4 is 5.32 Å². The largest absolute Gasteiger partial charge is 0.451 e. The number of nitrogens with one attached hydrogen (secondary N) is 1. The lowest BCUT2D eigenvalue weighted by molar-refractivity contribution is 0.0998. The molecule has 1 N–H and O–H groups in total. The lowest BCUT2D eigenvalue weighted by Gasteiger charge is -2.02. The number of hydrogen-bond acceptors (Lipinski definition) is 4. The summed E-state index contributed by atoms with van der Waals surface area (Å²) in [6.45, 7) is 0. The molecule has 22 heavy (non-hydrogen) atoms. The third-order valence-electron chi connectivity index (χ3n) is 3.14. The molecule has 0 atom stereocenters. The Morgan fingerprint density at radius 2 is 1.64 bits per heavy atom. The van der Waals surface area contributed by atoms with Crippen LogP contribution in [0.1, 0.15) is 21.7 Å². The molecule has 1 amide bonds. The molecular weight excluding hydrogens is 278 g/mol. The van der Waals surface area contributed by atoms with Crippen LogP contribution >= 0.6 is 0 Å². The molecule has 0 aliphatic heterocycles. The summed E-state index contributed by atoms with van der Waals surface area (Å²) in [5.41, 5.74) is 2.14. The highest BCUT2D eigenvalue weighted by molar-refractivity contribution is 6.04. The zero-order valence-electron chi connectivity index (χ0n) is 11.3. The Morgan fingerprint density at radius 3 is 2.32 bits per heavy atom. The molecule has 0 unspecified atom stereocenters. The summed E-state index contributed by atoms with van der Waals surface area (Å²) in [7, 11) is 0. The van der Waals surface area contributed by atoms with Gasteiger partial charge in [0.05, 0.1) is 23.3 Å². The second kappa shape index (κ2) is 5.43. The number of hydrogen-bond donors (Lipinski definition) is 1. The van der Waals surface area contributed by atoms with Gasteiger partial charge >= 0.3 is 0 Å². The summed E-state index contributed by atoms with van der Waals surface area (Å²) >= 11 is 0. The molecule has 0 radical (unpaired) electrons. The Balaban J connectivity index is 1.85. The van der Waals surface area contributed by atoms with Crippen LogP contribution in [0.2, 0.25) is 0 Å². The Bertz CT molecular complexity index is 941. The van der Waals surface area contributed by atoms with Gasteiger partial charge in [-0.2, -0.15) is 10.5 Å². The summed E-state index contributed by atoms with van der Waals surface area (Å²) in [6, 6.07) is 17.1. The number of furan rings is 1. The van der Waals surface area contributed by atoms with Crippen LogP contribution in [0.25, 0.3) is 11.0 Å². The van der Waals surface area contributed by atoms with E-state index in [2.05, 4.69) is 5.32 Å². The van der Waals surface area contributed by atoms with Crippen molar-refractivity contribution in [3.05, 3.63) is 65.4 Å². The van der Waals surface area contributed by atoms with Crippen LogP contribution in [0.3, 0.4) is 0 Å². The van der Waals surface area contributed by atoms with Crippen molar-refractivity contribution in [2.45, 2.75) is 0 Å². The van der Waals surface area contributed by atoms with Crippen molar-refractivity contribution in [2.24, 2.45) is 0 Å². The molecule has 1 aromatic heterocycles. The summed E-state index contributed by atoms with van der Waals surface area (Å²) in [4.78, 5) is 12.2. The number of nitrogens with zero attached hydrogens (tertiary/aromatic N) is 2. The molecule has 0 bridgehead atoms. The molecule has 2 aromatic carbocycles. The Kier molecular flexibility index (Phi) is 3.31. The minimum Gasteiger partial charge on any atom is -0.451 e. The second-order valence-electron chi connectivity index (χ2n) is 4.62. The zero-order valence-corrected chi connectivity index (χ0v) is 11.3. The maximum Gasteiger partial charge on any atom is 0.291 e. The zero-order chi connectivity index (χ0) is 15.5. The van der Waals surface area contributed by atoms with E-state index in [0.717, 1.165) is 0 Å². The molecular formula is C17H9N3O2. The van der Waals surface area contributed by atoms with E-state index in [1.807, 2.05) is 12.1 Å². The van der Waals surface area contributed by atoms with Crippen LogP contribution in [0.5, 0.6) is 0 Å². The van der Waals surface area contributed by atoms with E-state index < -0.39 is 0 Å². The first kappa shape index (κ1) is 13.4. The lowest BCUT2D eigenvalue weighted by atomic mass is 10.2. The van der Waals surface area contributed by atoms with Gasteiger partial charge in [-0.05, 0) is 48.5 Å². The van der Waals surface area contributed by atoms with Crippen LogP contribution in [0.15, 0.2) is 52.9 Å². The van der Waals surface area contributed by atoms with Crippen molar-refractivity contribution < 1.29 is 9.21 Å². The third-order valence-corrected chi connectivity index (χ3v) is 3.14. The van der Waals surface area contributed by atoms with Gasteiger partial charge in [0.15, 0.2) is 5.76 Å². The monoisotopic (exact) mass is 287 g/mol. The predicted octanol–water partition coefficient (Wildman–Crippen LogP) is 3.43. The van der Waals surface area contributed by atoms with E-state index in [0.29, 0.717) is 27.8 Å².